The summed E-state index contributed by atoms with van der Waals surface area (Å²) in [7, 11) is 0. The number of hydrogen-bond donors (Lipinski definition) is 1. The molecule has 1 aromatic heterocycles. The van der Waals surface area contributed by atoms with Crippen molar-refractivity contribution < 1.29 is 4.79 Å². The Bertz CT molecular complexity index is 399. The number of aryl methyl sites for hydroxylation is 2. The van der Waals surface area contributed by atoms with Crippen molar-refractivity contribution >= 4 is 21.7 Å². The Hall–Kier alpha value is -0.680. The monoisotopic (exact) mass is 301 g/mol. The van der Waals surface area contributed by atoms with Crippen molar-refractivity contribution in [2.24, 2.45) is 5.73 Å². The largest absolute Gasteiger partial charge is 0.328 e. The number of carbonyl (C=O) groups is 1. The zero-order valence-electron chi connectivity index (χ0n) is 10.7. The van der Waals surface area contributed by atoms with Crippen molar-refractivity contribution in [2.45, 2.75) is 52.6 Å². The highest BCUT2D eigenvalue weighted by Gasteiger charge is 2.15. The van der Waals surface area contributed by atoms with Gasteiger partial charge in [0.25, 0.3) is 0 Å². The van der Waals surface area contributed by atoms with Gasteiger partial charge < -0.3 is 5.73 Å². The van der Waals surface area contributed by atoms with E-state index < -0.39 is 0 Å². The molecule has 17 heavy (non-hydrogen) atoms. The van der Waals surface area contributed by atoms with E-state index in [-0.39, 0.29) is 11.8 Å². The molecule has 1 atom stereocenters. The standard InChI is InChI=1S/C12H20BrN3O/c1-4-16-11(12(13)9(3)15-16)7-10(17)6-5-8(2)14/h8H,4-7,14H2,1-3H3. The summed E-state index contributed by atoms with van der Waals surface area (Å²) in [4.78, 5) is 11.8. The van der Waals surface area contributed by atoms with Crippen LogP contribution in [0.1, 0.15) is 38.1 Å². The van der Waals surface area contributed by atoms with E-state index >= 15 is 0 Å². The van der Waals surface area contributed by atoms with E-state index in [9.17, 15) is 4.79 Å². The molecule has 0 radical (unpaired) electrons. The van der Waals surface area contributed by atoms with Crippen LogP contribution in [0.4, 0.5) is 0 Å². The molecule has 0 aliphatic carbocycles. The number of ketones is 1. The van der Waals surface area contributed by atoms with Gasteiger partial charge in [0.05, 0.1) is 15.9 Å². The molecule has 96 valence electrons. The number of halogens is 1. The van der Waals surface area contributed by atoms with Gasteiger partial charge in [0.15, 0.2) is 0 Å². The minimum atomic E-state index is 0.0835. The lowest BCUT2D eigenvalue weighted by Crippen LogP contribution is -2.17. The number of carbonyl (C=O) groups excluding carboxylic acids is 1. The van der Waals surface area contributed by atoms with Gasteiger partial charge in [-0.25, -0.2) is 0 Å². The van der Waals surface area contributed by atoms with Crippen LogP contribution in [0.25, 0.3) is 0 Å². The molecule has 1 rings (SSSR count). The average Bonchev–Trinajstić information content (AvgIpc) is 2.54. The van der Waals surface area contributed by atoms with Crippen molar-refractivity contribution in [3.63, 3.8) is 0 Å². The topological polar surface area (TPSA) is 60.9 Å². The van der Waals surface area contributed by atoms with Crippen LogP contribution in [0.2, 0.25) is 0 Å². The Morgan fingerprint density at radius 3 is 2.76 bits per heavy atom. The van der Waals surface area contributed by atoms with Gasteiger partial charge >= 0.3 is 0 Å². The fraction of sp³-hybridized carbons (Fsp3) is 0.667. The van der Waals surface area contributed by atoms with Gasteiger partial charge in [0.1, 0.15) is 5.78 Å². The molecule has 0 spiro atoms. The molecule has 0 bridgehead atoms. The number of nitrogens with zero attached hydrogens (tertiary/aromatic N) is 2. The van der Waals surface area contributed by atoms with Gasteiger partial charge in [0.2, 0.25) is 0 Å². The van der Waals surface area contributed by atoms with Crippen LogP contribution in [-0.2, 0) is 17.8 Å². The summed E-state index contributed by atoms with van der Waals surface area (Å²) in [5, 5.41) is 4.37. The molecule has 0 fully saturated rings. The summed E-state index contributed by atoms with van der Waals surface area (Å²) in [6, 6.07) is 0.0835. The maximum atomic E-state index is 11.8. The van der Waals surface area contributed by atoms with Crippen molar-refractivity contribution in [1.29, 1.82) is 0 Å². The third-order valence-electron chi connectivity index (χ3n) is 2.70. The number of aromatic nitrogens is 2. The Morgan fingerprint density at radius 1 is 1.59 bits per heavy atom. The third-order valence-corrected chi connectivity index (χ3v) is 3.73. The zero-order chi connectivity index (χ0) is 13.0. The maximum Gasteiger partial charge on any atom is 0.138 e. The second-order valence-electron chi connectivity index (χ2n) is 4.39. The smallest absolute Gasteiger partial charge is 0.138 e. The molecule has 0 saturated carbocycles. The average molecular weight is 302 g/mol. The summed E-state index contributed by atoms with van der Waals surface area (Å²) in [5.74, 6) is 0.220. The second-order valence-corrected chi connectivity index (χ2v) is 5.19. The lowest BCUT2D eigenvalue weighted by Gasteiger charge is -2.06. The lowest BCUT2D eigenvalue weighted by molar-refractivity contribution is -0.118. The first-order valence-electron chi connectivity index (χ1n) is 5.94. The summed E-state index contributed by atoms with van der Waals surface area (Å²) in [6.45, 7) is 6.66. The predicted octanol–water partition coefficient (Wildman–Crippen LogP) is 2.21. The highest BCUT2D eigenvalue weighted by molar-refractivity contribution is 9.10. The third kappa shape index (κ3) is 3.92. The van der Waals surface area contributed by atoms with Gasteiger partial charge in [-0.1, -0.05) is 0 Å². The Kier molecular flexibility index (Phi) is 5.33. The zero-order valence-corrected chi connectivity index (χ0v) is 12.2. The Morgan fingerprint density at radius 2 is 2.24 bits per heavy atom. The molecular weight excluding hydrogens is 282 g/mol. The molecular formula is C12H20BrN3O. The quantitative estimate of drug-likeness (QED) is 0.876. The predicted molar refractivity (Wildman–Crippen MR) is 71.9 cm³/mol. The summed E-state index contributed by atoms with van der Waals surface area (Å²) in [5.41, 5.74) is 7.55. The molecule has 4 nitrogen and oxygen atoms in total. The molecule has 0 aromatic carbocycles. The number of rotatable bonds is 6. The van der Waals surface area contributed by atoms with Crippen molar-refractivity contribution in [3.8, 4) is 0 Å². The summed E-state index contributed by atoms with van der Waals surface area (Å²) >= 11 is 3.49. The molecule has 1 unspecified atom stereocenters. The molecule has 1 aromatic rings. The molecule has 0 saturated heterocycles. The number of hydrogen-bond acceptors (Lipinski definition) is 3. The van der Waals surface area contributed by atoms with Crippen LogP contribution in [0.5, 0.6) is 0 Å². The first kappa shape index (κ1) is 14.4. The first-order chi connectivity index (χ1) is 7.95. The fourth-order valence-electron chi connectivity index (χ4n) is 1.70. The van der Waals surface area contributed by atoms with Gasteiger partial charge in [-0.3, -0.25) is 9.48 Å². The van der Waals surface area contributed by atoms with Crippen LogP contribution in [0.3, 0.4) is 0 Å². The van der Waals surface area contributed by atoms with Crippen molar-refractivity contribution in [1.82, 2.24) is 9.78 Å². The van der Waals surface area contributed by atoms with E-state index in [0.29, 0.717) is 12.8 Å². The van der Waals surface area contributed by atoms with Crippen LogP contribution in [-0.4, -0.2) is 21.6 Å². The van der Waals surface area contributed by atoms with E-state index in [1.165, 1.54) is 0 Å². The number of Topliss-reactive ketones (excluding diaryl/α,β-unsaturated/α-hetero) is 1. The van der Waals surface area contributed by atoms with Crippen LogP contribution >= 0.6 is 15.9 Å². The highest BCUT2D eigenvalue weighted by Crippen LogP contribution is 2.22. The van der Waals surface area contributed by atoms with Gasteiger partial charge in [0, 0.05) is 25.4 Å². The van der Waals surface area contributed by atoms with Gasteiger partial charge in [-0.05, 0) is 43.1 Å². The lowest BCUT2D eigenvalue weighted by atomic mass is 10.1. The fourth-order valence-corrected chi connectivity index (χ4v) is 2.13. The Labute approximate surface area is 111 Å². The van der Waals surface area contributed by atoms with Crippen molar-refractivity contribution in [3.05, 3.63) is 15.9 Å². The Balaban J connectivity index is 2.70. The maximum absolute atomic E-state index is 11.8. The molecule has 0 aliphatic heterocycles. The van der Waals surface area contributed by atoms with E-state index in [2.05, 4.69) is 21.0 Å². The molecule has 2 N–H and O–H groups in total. The minimum Gasteiger partial charge on any atom is -0.328 e. The van der Waals surface area contributed by atoms with E-state index in [0.717, 1.165) is 28.8 Å². The van der Waals surface area contributed by atoms with E-state index in [4.69, 9.17) is 5.73 Å². The van der Waals surface area contributed by atoms with E-state index in [1.54, 1.807) is 0 Å². The van der Waals surface area contributed by atoms with Gasteiger partial charge in [-0.15, -0.1) is 0 Å². The van der Waals surface area contributed by atoms with Crippen LogP contribution in [0.15, 0.2) is 4.47 Å². The molecule has 0 amide bonds. The summed E-state index contributed by atoms with van der Waals surface area (Å²) in [6.07, 6.45) is 1.72. The highest BCUT2D eigenvalue weighted by atomic mass is 79.9. The first-order valence-corrected chi connectivity index (χ1v) is 6.74. The van der Waals surface area contributed by atoms with Crippen LogP contribution in [0, 0.1) is 6.92 Å². The SMILES string of the molecule is CCn1nc(C)c(Br)c1CC(=O)CCC(C)N. The summed E-state index contributed by atoms with van der Waals surface area (Å²) < 4.78 is 2.83. The molecule has 5 heteroatoms. The molecule has 0 aliphatic rings. The minimum absolute atomic E-state index is 0.0835. The molecule has 1 heterocycles. The second kappa shape index (κ2) is 6.31. The van der Waals surface area contributed by atoms with Crippen molar-refractivity contribution in [2.75, 3.05) is 0 Å². The normalized spacial score (nSPS) is 12.8. The van der Waals surface area contributed by atoms with Crippen LogP contribution < -0.4 is 5.73 Å². The van der Waals surface area contributed by atoms with Gasteiger partial charge in [-0.2, -0.15) is 5.10 Å². The number of nitrogens with two attached hydrogens (primary N) is 1. The van der Waals surface area contributed by atoms with E-state index in [1.807, 2.05) is 25.5 Å².